The number of anilines is 3. The van der Waals surface area contributed by atoms with Gasteiger partial charge in [-0.3, -0.25) is 0 Å². The molecule has 8 aromatic rings. The van der Waals surface area contributed by atoms with Gasteiger partial charge in [0.2, 0.25) is 0 Å². The van der Waals surface area contributed by atoms with Gasteiger partial charge in [0.05, 0.1) is 0 Å². The fraction of sp³-hybridized carbons (Fsp3) is 0. The average Bonchev–Trinajstić information content (AvgIpc) is 3.18. The molecule has 2 nitrogen and oxygen atoms in total. The lowest BCUT2D eigenvalue weighted by Crippen LogP contribution is -2.10. The van der Waals surface area contributed by atoms with Gasteiger partial charge in [-0.15, -0.1) is 0 Å². The summed E-state index contributed by atoms with van der Waals surface area (Å²) in [5, 5.41) is 17.2. The predicted molar refractivity (Wildman–Crippen MR) is 215 cm³/mol. The molecule has 0 aliphatic carbocycles. The summed E-state index contributed by atoms with van der Waals surface area (Å²) in [6.45, 7) is 7.87. The van der Waals surface area contributed by atoms with Gasteiger partial charge in [-0.25, -0.2) is 0 Å². The molecule has 0 amide bonds. The molecule has 0 radical (unpaired) electrons. The maximum Gasteiger partial charge on any atom is 0.116 e. The van der Waals surface area contributed by atoms with Crippen molar-refractivity contribution in [3.05, 3.63) is 201 Å². The number of nitrogens with zero attached hydrogens (tertiary/aromatic N) is 1. The Bertz CT molecular complexity index is 2540. The van der Waals surface area contributed by atoms with Crippen LogP contribution in [-0.4, -0.2) is 5.11 Å². The topological polar surface area (TPSA) is 23.5 Å². The molecule has 0 bridgehead atoms. The third kappa shape index (κ3) is 5.63. The molecule has 50 heavy (non-hydrogen) atoms. The third-order valence-electron chi connectivity index (χ3n) is 9.47. The van der Waals surface area contributed by atoms with Crippen LogP contribution in [0.3, 0.4) is 0 Å². The summed E-state index contributed by atoms with van der Waals surface area (Å²) in [6, 6.07) is 57.5. The molecular weight excluding hydrogens is 607 g/mol. The lowest BCUT2D eigenvalue weighted by Gasteiger charge is -2.26. The molecule has 0 unspecified atom stereocenters. The van der Waals surface area contributed by atoms with Crippen molar-refractivity contribution in [2.75, 3.05) is 4.90 Å². The number of hydrogen-bond acceptors (Lipinski definition) is 2. The number of fused-ring (bicyclic) bond motifs is 6. The quantitative estimate of drug-likeness (QED) is 0.132. The van der Waals surface area contributed by atoms with Crippen molar-refractivity contribution in [3.63, 3.8) is 0 Å². The number of rotatable bonds is 8. The summed E-state index contributed by atoms with van der Waals surface area (Å²) in [7, 11) is 0. The van der Waals surface area contributed by atoms with Crippen LogP contribution in [0.2, 0.25) is 0 Å². The monoisotopic (exact) mass is 641 g/mol. The van der Waals surface area contributed by atoms with Crippen molar-refractivity contribution in [2.45, 2.75) is 0 Å². The molecule has 0 aromatic heterocycles. The van der Waals surface area contributed by atoms with Crippen molar-refractivity contribution >= 4 is 55.0 Å². The lowest BCUT2D eigenvalue weighted by atomic mass is 9.92. The molecule has 0 atom stereocenters. The first-order valence-electron chi connectivity index (χ1n) is 16.8. The zero-order valence-corrected chi connectivity index (χ0v) is 27.6. The summed E-state index contributed by atoms with van der Waals surface area (Å²) in [6.07, 6.45) is 5.63. The normalized spacial score (nSPS) is 11.6. The van der Waals surface area contributed by atoms with Crippen molar-refractivity contribution in [1.82, 2.24) is 0 Å². The fourth-order valence-corrected chi connectivity index (χ4v) is 7.04. The van der Waals surface area contributed by atoms with Gasteiger partial charge in [-0.1, -0.05) is 141 Å². The van der Waals surface area contributed by atoms with Crippen molar-refractivity contribution in [3.8, 4) is 28.0 Å². The Morgan fingerprint density at radius 2 is 0.980 bits per heavy atom. The van der Waals surface area contributed by atoms with E-state index in [0.717, 1.165) is 55.5 Å². The van der Waals surface area contributed by atoms with Crippen LogP contribution >= 0.6 is 0 Å². The molecule has 238 valence electrons. The van der Waals surface area contributed by atoms with Crippen LogP contribution in [0.5, 0.6) is 5.75 Å². The second kappa shape index (κ2) is 13.1. The molecule has 0 aliphatic heterocycles. The van der Waals surface area contributed by atoms with Crippen molar-refractivity contribution < 1.29 is 5.11 Å². The highest BCUT2D eigenvalue weighted by atomic mass is 16.3. The van der Waals surface area contributed by atoms with Crippen LogP contribution in [0.25, 0.3) is 60.1 Å². The van der Waals surface area contributed by atoms with E-state index in [1.54, 1.807) is 12.1 Å². The minimum absolute atomic E-state index is 0.277. The molecule has 0 fully saturated rings. The minimum atomic E-state index is 0.277. The Labute approximate surface area is 292 Å². The SMILES string of the molecule is C=C/C=C(\C=C)c1ccc(N(c2ccc(-c3ccccc3)cc2)c2cccc(-c3ccc4c5ccc(O)cc5c5ccccc5c4c3)c2)cc1. The average molecular weight is 642 g/mol. The number of hydrogen-bond donors (Lipinski definition) is 1. The third-order valence-corrected chi connectivity index (χ3v) is 9.47. The van der Waals surface area contributed by atoms with E-state index in [1.807, 2.05) is 30.4 Å². The second-order valence-electron chi connectivity index (χ2n) is 12.4. The van der Waals surface area contributed by atoms with Crippen LogP contribution in [0.4, 0.5) is 17.1 Å². The molecule has 8 aromatic carbocycles. The Kier molecular flexibility index (Phi) is 8.04. The summed E-state index contributed by atoms with van der Waals surface area (Å²) < 4.78 is 0. The van der Waals surface area contributed by atoms with Crippen molar-refractivity contribution in [2.24, 2.45) is 0 Å². The Morgan fingerprint density at radius 1 is 0.440 bits per heavy atom. The highest BCUT2D eigenvalue weighted by Gasteiger charge is 2.16. The standard InChI is InChI=1S/C48H35NO/c1-3-11-33(4-2)35-18-23-39(24-19-35)49(40-25-20-36(21-26-40)34-12-6-5-7-13-34)41-15-10-14-37(30-41)38-22-28-45-46-29-27-42(50)32-48(46)44-17-9-8-16-43(44)47(45)31-38/h3-32,50H,1-2H2/b33-11+. The van der Waals surface area contributed by atoms with Gasteiger partial charge in [-0.2, -0.15) is 0 Å². The maximum atomic E-state index is 10.3. The molecule has 0 saturated carbocycles. The van der Waals surface area contributed by atoms with E-state index >= 15 is 0 Å². The van der Waals surface area contributed by atoms with E-state index in [4.69, 9.17) is 0 Å². The molecule has 2 heteroatoms. The molecule has 0 spiro atoms. The highest BCUT2D eigenvalue weighted by molar-refractivity contribution is 6.26. The zero-order chi connectivity index (χ0) is 34.0. The first-order valence-corrected chi connectivity index (χ1v) is 16.8. The predicted octanol–water partition coefficient (Wildman–Crippen LogP) is 13.4. The first kappa shape index (κ1) is 30.7. The largest absolute Gasteiger partial charge is 0.508 e. The van der Waals surface area contributed by atoms with E-state index in [2.05, 4.69) is 158 Å². The number of aromatic hydroxyl groups is 1. The van der Waals surface area contributed by atoms with E-state index in [0.29, 0.717) is 0 Å². The summed E-state index contributed by atoms with van der Waals surface area (Å²) in [5.74, 6) is 0.277. The smallest absolute Gasteiger partial charge is 0.116 e. The fourth-order valence-electron chi connectivity index (χ4n) is 7.04. The Hall–Kier alpha value is -6.64. The van der Waals surface area contributed by atoms with Crippen molar-refractivity contribution in [1.29, 1.82) is 0 Å². The van der Waals surface area contributed by atoms with E-state index in [1.165, 1.54) is 27.3 Å². The van der Waals surface area contributed by atoms with Crippen LogP contribution in [0.15, 0.2) is 195 Å². The number of phenols is 1. The van der Waals surface area contributed by atoms with E-state index in [9.17, 15) is 5.11 Å². The zero-order valence-electron chi connectivity index (χ0n) is 27.6. The van der Waals surface area contributed by atoms with Gasteiger partial charge in [0.25, 0.3) is 0 Å². The van der Waals surface area contributed by atoms with Gasteiger partial charge in [-0.05, 0) is 120 Å². The lowest BCUT2D eigenvalue weighted by molar-refractivity contribution is 0.476. The second-order valence-corrected chi connectivity index (χ2v) is 12.4. The summed E-state index contributed by atoms with van der Waals surface area (Å²) in [5.41, 5.74) is 9.94. The Balaban J connectivity index is 1.26. The van der Waals surface area contributed by atoms with Crippen LogP contribution in [-0.2, 0) is 0 Å². The summed E-state index contributed by atoms with van der Waals surface area (Å²) >= 11 is 0. The molecule has 0 heterocycles. The van der Waals surface area contributed by atoms with Gasteiger partial charge < -0.3 is 10.0 Å². The minimum Gasteiger partial charge on any atom is -0.508 e. The van der Waals surface area contributed by atoms with Gasteiger partial charge in [0, 0.05) is 17.1 Å². The van der Waals surface area contributed by atoms with Crippen LogP contribution < -0.4 is 4.90 Å². The van der Waals surface area contributed by atoms with Gasteiger partial charge in [0.15, 0.2) is 0 Å². The van der Waals surface area contributed by atoms with Crippen LogP contribution in [0, 0.1) is 0 Å². The van der Waals surface area contributed by atoms with E-state index in [-0.39, 0.29) is 5.75 Å². The molecule has 1 N–H and O–H groups in total. The first-order chi connectivity index (χ1) is 24.6. The molecular formula is C48H35NO. The Morgan fingerprint density at radius 3 is 1.66 bits per heavy atom. The van der Waals surface area contributed by atoms with E-state index < -0.39 is 0 Å². The highest BCUT2D eigenvalue weighted by Crippen LogP contribution is 2.41. The summed E-state index contributed by atoms with van der Waals surface area (Å²) in [4.78, 5) is 2.31. The van der Waals surface area contributed by atoms with Gasteiger partial charge in [0.1, 0.15) is 5.75 Å². The molecule has 0 aliphatic rings. The molecule has 0 saturated heterocycles. The number of benzene rings is 8. The maximum absolute atomic E-state index is 10.3. The van der Waals surface area contributed by atoms with Gasteiger partial charge >= 0.3 is 0 Å². The number of phenolic OH excluding ortho intramolecular Hbond substituents is 1. The van der Waals surface area contributed by atoms with Crippen LogP contribution in [0.1, 0.15) is 5.56 Å². The number of allylic oxidation sites excluding steroid dienone is 4. The molecule has 8 rings (SSSR count).